The van der Waals surface area contributed by atoms with E-state index in [-0.39, 0.29) is 0 Å². The van der Waals surface area contributed by atoms with E-state index in [4.69, 9.17) is 9.97 Å². The standard InChI is InChI=1S/C37H23N3/c1-3-10-28-24(8-1)19-21-30-35(31-22-20-25-9-2-4-11-29(25)37(31)40-36(28)30)27-17-15-26(16-18-27)32-13-7-14-34(39-32)33-12-5-6-23-38-33/h1-23H. The molecule has 0 saturated carbocycles. The highest BCUT2D eigenvalue weighted by Crippen LogP contribution is 2.40. The summed E-state index contributed by atoms with van der Waals surface area (Å²) in [4.78, 5) is 14.7. The topological polar surface area (TPSA) is 38.7 Å². The van der Waals surface area contributed by atoms with Crippen LogP contribution in [0.25, 0.3) is 77.1 Å². The van der Waals surface area contributed by atoms with Gasteiger partial charge < -0.3 is 0 Å². The molecule has 0 aliphatic rings. The normalized spacial score (nSPS) is 11.5. The van der Waals surface area contributed by atoms with Crippen molar-refractivity contribution in [3.63, 3.8) is 0 Å². The molecule has 0 fully saturated rings. The minimum absolute atomic E-state index is 0.868. The molecule has 3 aromatic heterocycles. The van der Waals surface area contributed by atoms with Crippen LogP contribution < -0.4 is 0 Å². The van der Waals surface area contributed by atoms with Crippen LogP contribution in [0.1, 0.15) is 0 Å². The molecule has 186 valence electrons. The largest absolute Gasteiger partial charge is 0.255 e. The van der Waals surface area contributed by atoms with Gasteiger partial charge in [-0.3, -0.25) is 4.98 Å². The van der Waals surface area contributed by atoms with Crippen molar-refractivity contribution in [1.29, 1.82) is 0 Å². The molecule has 3 nitrogen and oxygen atoms in total. The molecular weight excluding hydrogens is 486 g/mol. The molecule has 40 heavy (non-hydrogen) atoms. The summed E-state index contributed by atoms with van der Waals surface area (Å²) in [7, 11) is 0. The third-order valence-corrected chi connectivity index (χ3v) is 7.71. The molecule has 0 bridgehead atoms. The zero-order valence-electron chi connectivity index (χ0n) is 21.6. The summed E-state index contributed by atoms with van der Waals surface area (Å²) < 4.78 is 0. The first-order valence-corrected chi connectivity index (χ1v) is 13.5. The lowest BCUT2D eigenvalue weighted by atomic mass is 9.92. The molecule has 0 N–H and O–H groups in total. The van der Waals surface area contributed by atoms with Gasteiger partial charge in [-0.15, -0.1) is 0 Å². The maximum Gasteiger partial charge on any atom is 0.0893 e. The fourth-order valence-corrected chi connectivity index (χ4v) is 5.78. The first kappa shape index (κ1) is 22.6. The van der Waals surface area contributed by atoms with Crippen molar-refractivity contribution in [2.24, 2.45) is 0 Å². The second kappa shape index (κ2) is 9.11. The molecule has 0 spiro atoms. The van der Waals surface area contributed by atoms with Gasteiger partial charge in [-0.2, -0.15) is 0 Å². The van der Waals surface area contributed by atoms with Crippen LogP contribution in [0.5, 0.6) is 0 Å². The summed E-state index contributed by atoms with van der Waals surface area (Å²) in [6.45, 7) is 0. The predicted molar refractivity (Wildman–Crippen MR) is 166 cm³/mol. The Labute approximate surface area is 231 Å². The Hall–Kier alpha value is -5.41. The molecule has 3 heteroatoms. The summed E-state index contributed by atoms with van der Waals surface area (Å²) in [6.07, 6.45) is 1.80. The Morgan fingerprint density at radius 2 is 0.925 bits per heavy atom. The van der Waals surface area contributed by atoms with E-state index in [0.29, 0.717) is 0 Å². The van der Waals surface area contributed by atoms with Gasteiger partial charge in [-0.05, 0) is 40.6 Å². The first-order valence-electron chi connectivity index (χ1n) is 13.5. The van der Waals surface area contributed by atoms with Crippen LogP contribution >= 0.6 is 0 Å². The number of aromatic nitrogens is 3. The smallest absolute Gasteiger partial charge is 0.0893 e. The maximum absolute atomic E-state index is 5.31. The number of hydrogen-bond donors (Lipinski definition) is 0. The molecule has 0 saturated heterocycles. The van der Waals surface area contributed by atoms with Gasteiger partial charge in [0.1, 0.15) is 0 Å². The van der Waals surface area contributed by atoms with Gasteiger partial charge in [0.15, 0.2) is 0 Å². The van der Waals surface area contributed by atoms with Crippen molar-refractivity contribution < 1.29 is 0 Å². The zero-order valence-corrected chi connectivity index (χ0v) is 21.6. The molecule has 0 unspecified atom stereocenters. The monoisotopic (exact) mass is 509 g/mol. The summed E-state index contributed by atoms with van der Waals surface area (Å²) in [5.41, 5.74) is 8.17. The highest BCUT2D eigenvalue weighted by atomic mass is 14.8. The molecular formula is C37H23N3. The van der Waals surface area contributed by atoms with Crippen molar-refractivity contribution in [3.05, 3.63) is 140 Å². The van der Waals surface area contributed by atoms with Crippen LogP contribution in [0.3, 0.4) is 0 Å². The van der Waals surface area contributed by atoms with E-state index in [1.807, 2.05) is 30.3 Å². The van der Waals surface area contributed by atoms with E-state index in [0.717, 1.165) is 50.0 Å². The third kappa shape index (κ3) is 3.63. The summed E-state index contributed by atoms with van der Waals surface area (Å²) in [6, 6.07) is 46.6. The number of hydrogen-bond acceptors (Lipinski definition) is 3. The average Bonchev–Trinajstić information content (AvgIpc) is 3.04. The Morgan fingerprint density at radius 3 is 1.57 bits per heavy atom. The van der Waals surface area contributed by atoms with E-state index in [1.165, 1.54) is 27.1 Å². The second-order valence-corrected chi connectivity index (χ2v) is 10.1. The van der Waals surface area contributed by atoms with Gasteiger partial charge in [0.2, 0.25) is 0 Å². The van der Waals surface area contributed by atoms with Crippen LogP contribution in [0.4, 0.5) is 0 Å². The van der Waals surface area contributed by atoms with Crippen LogP contribution in [0, 0.1) is 0 Å². The maximum atomic E-state index is 5.31. The molecule has 3 heterocycles. The van der Waals surface area contributed by atoms with Gasteiger partial charge in [0.05, 0.1) is 28.1 Å². The van der Waals surface area contributed by atoms with E-state index < -0.39 is 0 Å². The molecule has 0 amide bonds. The minimum Gasteiger partial charge on any atom is -0.255 e. The number of fused-ring (bicyclic) bond motifs is 6. The lowest BCUT2D eigenvalue weighted by Crippen LogP contribution is -1.92. The fraction of sp³-hybridized carbons (Fsp3) is 0. The predicted octanol–water partition coefficient (Wildman–Crippen LogP) is 9.49. The van der Waals surface area contributed by atoms with Crippen molar-refractivity contribution >= 4 is 43.4 Å². The number of nitrogens with zero attached hydrogens (tertiary/aromatic N) is 3. The second-order valence-electron chi connectivity index (χ2n) is 10.1. The SMILES string of the molecule is c1ccc(-c2cccc(-c3ccc(-c4c5ccc6ccccc6c5nc5c4ccc4ccccc45)cc3)n2)nc1. The molecule has 5 aromatic carbocycles. The van der Waals surface area contributed by atoms with E-state index in [1.54, 1.807) is 6.20 Å². The Bertz CT molecular complexity index is 2110. The lowest BCUT2D eigenvalue weighted by Gasteiger charge is -2.15. The first-order chi connectivity index (χ1) is 19.8. The van der Waals surface area contributed by atoms with Crippen molar-refractivity contribution in [2.75, 3.05) is 0 Å². The van der Waals surface area contributed by atoms with Gasteiger partial charge in [0, 0.05) is 38.9 Å². The van der Waals surface area contributed by atoms with E-state index >= 15 is 0 Å². The van der Waals surface area contributed by atoms with Crippen LogP contribution in [0.2, 0.25) is 0 Å². The number of benzene rings is 5. The summed E-state index contributed by atoms with van der Waals surface area (Å²) >= 11 is 0. The molecule has 0 atom stereocenters. The lowest BCUT2D eigenvalue weighted by molar-refractivity contribution is 1.25. The van der Waals surface area contributed by atoms with Crippen LogP contribution in [-0.2, 0) is 0 Å². The van der Waals surface area contributed by atoms with Gasteiger partial charge in [-0.25, -0.2) is 9.97 Å². The molecule has 0 aliphatic heterocycles. The Morgan fingerprint density at radius 1 is 0.350 bits per heavy atom. The van der Waals surface area contributed by atoms with Gasteiger partial charge >= 0.3 is 0 Å². The van der Waals surface area contributed by atoms with Crippen molar-refractivity contribution in [2.45, 2.75) is 0 Å². The average molecular weight is 510 g/mol. The fourth-order valence-electron chi connectivity index (χ4n) is 5.78. The highest BCUT2D eigenvalue weighted by molar-refractivity contribution is 6.21. The van der Waals surface area contributed by atoms with Crippen molar-refractivity contribution in [3.8, 4) is 33.8 Å². The Kier molecular flexibility index (Phi) is 5.14. The zero-order chi connectivity index (χ0) is 26.5. The molecule has 0 radical (unpaired) electrons. The van der Waals surface area contributed by atoms with Crippen LogP contribution in [-0.4, -0.2) is 15.0 Å². The number of pyridine rings is 3. The minimum atomic E-state index is 0.868. The van der Waals surface area contributed by atoms with Gasteiger partial charge in [-0.1, -0.05) is 109 Å². The van der Waals surface area contributed by atoms with Crippen LogP contribution in [0.15, 0.2) is 140 Å². The summed E-state index contributed by atoms with van der Waals surface area (Å²) in [5.74, 6) is 0. The van der Waals surface area contributed by atoms with Gasteiger partial charge in [0.25, 0.3) is 0 Å². The molecule has 0 aliphatic carbocycles. The summed E-state index contributed by atoms with van der Waals surface area (Å²) in [5, 5.41) is 7.05. The molecule has 8 rings (SSSR count). The van der Waals surface area contributed by atoms with E-state index in [2.05, 4.69) is 108 Å². The molecule has 8 aromatic rings. The number of rotatable bonds is 3. The third-order valence-electron chi connectivity index (χ3n) is 7.71. The highest BCUT2D eigenvalue weighted by Gasteiger charge is 2.15. The Balaban J connectivity index is 1.35. The van der Waals surface area contributed by atoms with E-state index in [9.17, 15) is 0 Å². The quantitative estimate of drug-likeness (QED) is 0.176. The van der Waals surface area contributed by atoms with Crippen molar-refractivity contribution in [1.82, 2.24) is 15.0 Å².